The molecular weight excluding hydrogens is 241 g/mol. The summed E-state index contributed by atoms with van der Waals surface area (Å²) in [4.78, 5) is 0. The lowest BCUT2D eigenvalue weighted by Gasteiger charge is -2.15. The third-order valence-corrected chi connectivity index (χ3v) is 3.70. The number of hydrogen-bond donors (Lipinski definition) is 1. The Bertz CT molecular complexity index is 390. The van der Waals surface area contributed by atoms with Crippen LogP contribution in [0.1, 0.15) is 50.2 Å². The van der Waals surface area contributed by atoms with Gasteiger partial charge < -0.3 is 5.11 Å². The molecule has 1 unspecified atom stereocenters. The van der Waals surface area contributed by atoms with E-state index in [1.54, 1.807) is 0 Å². The van der Waals surface area contributed by atoms with Crippen LogP contribution in [0.4, 0.5) is 13.2 Å². The molecule has 1 aromatic rings. The third kappa shape index (κ3) is 3.05. The largest absolute Gasteiger partial charge is 0.388 e. The highest BCUT2D eigenvalue weighted by molar-refractivity contribution is 5.23. The first kappa shape index (κ1) is 13.4. The summed E-state index contributed by atoms with van der Waals surface area (Å²) in [6, 6.07) is 1.22. The monoisotopic (exact) mass is 258 g/mol. The van der Waals surface area contributed by atoms with Crippen LogP contribution >= 0.6 is 0 Å². The molecule has 0 saturated heterocycles. The molecule has 1 saturated carbocycles. The summed E-state index contributed by atoms with van der Waals surface area (Å²) in [7, 11) is 0. The van der Waals surface area contributed by atoms with Crippen LogP contribution in [0, 0.1) is 23.4 Å². The molecule has 0 amide bonds. The number of rotatable bonds is 4. The summed E-state index contributed by atoms with van der Waals surface area (Å²) in [5, 5.41) is 9.83. The summed E-state index contributed by atoms with van der Waals surface area (Å²) in [6.45, 7) is 0. The number of halogens is 3. The van der Waals surface area contributed by atoms with E-state index < -0.39 is 29.1 Å². The molecule has 0 aliphatic heterocycles. The van der Waals surface area contributed by atoms with Gasteiger partial charge >= 0.3 is 0 Å². The van der Waals surface area contributed by atoms with E-state index in [0.717, 1.165) is 19.3 Å². The van der Waals surface area contributed by atoms with Gasteiger partial charge in [-0.3, -0.25) is 0 Å². The second kappa shape index (κ2) is 5.74. The van der Waals surface area contributed by atoms with Gasteiger partial charge in [-0.25, -0.2) is 13.2 Å². The molecule has 0 aromatic heterocycles. The Hall–Kier alpha value is -1.03. The fourth-order valence-electron chi connectivity index (χ4n) is 2.71. The summed E-state index contributed by atoms with van der Waals surface area (Å²) in [6.07, 6.45) is 4.54. The fraction of sp³-hybridized carbons (Fsp3) is 0.571. The molecule has 1 atom stereocenters. The van der Waals surface area contributed by atoms with E-state index in [2.05, 4.69) is 0 Å². The predicted molar refractivity (Wildman–Crippen MR) is 62.5 cm³/mol. The fourth-order valence-corrected chi connectivity index (χ4v) is 2.71. The van der Waals surface area contributed by atoms with Crippen LogP contribution in [0.5, 0.6) is 0 Å². The highest BCUT2D eigenvalue weighted by Gasteiger charge is 2.22. The topological polar surface area (TPSA) is 20.2 Å². The highest BCUT2D eigenvalue weighted by Crippen LogP contribution is 2.32. The average Bonchev–Trinajstić information content (AvgIpc) is 2.77. The van der Waals surface area contributed by atoms with Crippen LogP contribution in [0.25, 0.3) is 0 Å². The van der Waals surface area contributed by atoms with Crippen LogP contribution < -0.4 is 0 Å². The zero-order valence-corrected chi connectivity index (χ0v) is 10.1. The van der Waals surface area contributed by atoms with Crippen LogP contribution in [-0.4, -0.2) is 5.11 Å². The van der Waals surface area contributed by atoms with Crippen LogP contribution in [0.3, 0.4) is 0 Å². The Labute approximate surface area is 105 Å². The SMILES string of the molecule is OC(CCC1CCCC1)c1c(F)cc(F)cc1F. The van der Waals surface area contributed by atoms with E-state index in [9.17, 15) is 18.3 Å². The molecule has 18 heavy (non-hydrogen) atoms. The maximum atomic E-state index is 13.4. The van der Waals surface area contributed by atoms with Crippen molar-refractivity contribution in [1.29, 1.82) is 0 Å². The minimum atomic E-state index is -1.19. The molecule has 2 rings (SSSR count). The number of aliphatic hydroxyl groups is 1. The second-order valence-electron chi connectivity index (χ2n) is 5.03. The van der Waals surface area contributed by atoms with Gasteiger partial charge in [0.1, 0.15) is 17.5 Å². The predicted octanol–water partition coefficient (Wildman–Crippen LogP) is 4.11. The quantitative estimate of drug-likeness (QED) is 0.861. The Balaban J connectivity index is 2.01. The van der Waals surface area contributed by atoms with Crippen molar-refractivity contribution in [1.82, 2.24) is 0 Å². The van der Waals surface area contributed by atoms with Gasteiger partial charge in [0.15, 0.2) is 0 Å². The van der Waals surface area contributed by atoms with Gasteiger partial charge in [0.05, 0.1) is 11.7 Å². The molecule has 0 bridgehead atoms. The van der Waals surface area contributed by atoms with Crippen molar-refractivity contribution in [2.24, 2.45) is 5.92 Å². The number of benzene rings is 1. The lowest BCUT2D eigenvalue weighted by atomic mass is 9.96. The van der Waals surface area contributed by atoms with Crippen LogP contribution in [-0.2, 0) is 0 Å². The molecule has 1 aliphatic rings. The maximum Gasteiger partial charge on any atom is 0.134 e. The maximum absolute atomic E-state index is 13.4. The molecule has 1 nitrogen and oxygen atoms in total. The second-order valence-corrected chi connectivity index (χ2v) is 5.03. The first-order valence-electron chi connectivity index (χ1n) is 6.40. The van der Waals surface area contributed by atoms with E-state index in [0.29, 0.717) is 24.5 Å². The van der Waals surface area contributed by atoms with Gasteiger partial charge in [0.25, 0.3) is 0 Å². The summed E-state index contributed by atoms with van der Waals surface area (Å²) < 4.78 is 39.6. The Morgan fingerprint density at radius 2 is 1.67 bits per heavy atom. The van der Waals surface area contributed by atoms with Crippen LogP contribution in [0.15, 0.2) is 12.1 Å². The first-order chi connectivity index (χ1) is 8.58. The molecule has 1 N–H and O–H groups in total. The minimum Gasteiger partial charge on any atom is -0.388 e. The standard InChI is InChI=1S/C14H17F3O/c15-10-7-11(16)14(12(17)8-10)13(18)6-5-9-3-1-2-4-9/h7-9,13,18H,1-6H2. The zero-order chi connectivity index (χ0) is 13.1. The van der Waals surface area contributed by atoms with E-state index in [-0.39, 0.29) is 0 Å². The Morgan fingerprint density at radius 3 is 2.22 bits per heavy atom. The average molecular weight is 258 g/mol. The normalized spacial score (nSPS) is 18.2. The van der Waals surface area contributed by atoms with Crippen LogP contribution in [0.2, 0.25) is 0 Å². The smallest absolute Gasteiger partial charge is 0.134 e. The van der Waals surface area contributed by atoms with Crippen molar-refractivity contribution < 1.29 is 18.3 Å². The van der Waals surface area contributed by atoms with E-state index >= 15 is 0 Å². The van der Waals surface area contributed by atoms with Crippen molar-refractivity contribution in [3.63, 3.8) is 0 Å². The van der Waals surface area contributed by atoms with E-state index in [1.807, 2.05) is 0 Å². The van der Waals surface area contributed by atoms with Gasteiger partial charge in [-0.05, 0) is 18.8 Å². The molecule has 1 aliphatic carbocycles. The minimum absolute atomic E-state index is 0.324. The first-order valence-corrected chi connectivity index (χ1v) is 6.40. The van der Waals surface area contributed by atoms with Crippen molar-refractivity contribution >= 4 is 0 Å². The lowest BCUT2D eigenvalue weighted by Crippen LogP contribution is -2.07. The number of hydrogen-bond acceptors (Lipinski definition) is 1. The van der Waals surface area contributed by atoms with E-state index in [1.165, 1.54) is 12.8 Å². The molecular formula is C14H17F3O. The van der Waals surface area contributed by atoms with Gasteiger partial charge in [-0.1, -0.05) is 25.7 Å². The number of aliphatic hydroxyl groups excluding tert-OH is 1. The molecule has 0 spiro atoms. The van der Waals surface area contributed by atoms with Gasteiger partial charge in [0.2, 0.25) is 0 Å². The molecule has 1 fully saturated rings. The molecule has 1 aromatic carbocycles. The van der Waals surface area contributed by atoms with Crippen molar-refractivity contribution in [3.8, 4) is 0 Å². The highest BCUT2D eigenvalue weighted by atomic mass is 19.1. The summed E-state index contributed by atoms with van der Waals surface area (Å²) in [5.74, 6) is -2.43. The third-order valence-electron chi connectivity index (χ3n) is 3.70. The molecule has 0 radical (unpaired) electrons. The lowest BCUT2D eigenvalue weighted by molar-refractivity contribution is 0.147. The summed E-state index contributed by atoms with van der Waals surface area (Å²) >= 11 is 0. The van der Waals surface area contributed by atoms with Crippen molar-refractivity contribution in [2.45, 2.75) is 44.6 Å². The van der Waals surface area contributed by atoms with Gasteiger partial charge in [-0.2, -0.15) is 0 Å². The molecule has 100 valence electrons. The van der Waals surface area contributed by atoms with Crippen molar-refractivity contribution in [3.05, 3.63) is 35.1 Å². The van der Waals surface area contributed by atoms with Crippen molar-refractivity contribution in [2.75, 3.05) is 0 Å². The van der Waals surface area contributed by atoms with Gasteiger partial charge in [-0.15, -0.1) is 0 Å². The summed E-state index contributed by atoms with van der Waals surface area (Å²) in [5.41, 5.74) is -0.408. The zero-order valence-electron chi connectivity index (χ0n) is 10.1. The van der Waals surface area contributed by atoms with E-state index in [4.69, 9.17) is 0 Å². The molecule has 4 heteroatoms. The Kier molecular flexibility index (Phi) is 4.27. The Morgan fingerprint density at radius 1 is 1.11 bits per heavy atom. The molecule has 0 heterocycles. The van der Waals surface area contributed by atoms with Gasteiger partial charge in [0, 0.05) is 12.1 Å².